The third kappa shape index (κ3) is 4.23. The molecule has 0 aromatic rings. The number of rotatable bonds is 5. The summed E-state index contributed by atoms with van der Waals surface area (Å²) in [5.74, 6) is 0.516. The summed E-state index contributed by atoms with van der Waals surface area (Å²) < 4.78 is 34.0. The van der Waals surface area contributed by atoms with Gasteiger partial charge >= 0.3 is 6.09 Å². The Balaban J connectivity index is 2.09. The average Bonchev–Trinajstić information content (AvgIpc) is 2.33. The van der Waals surface area contributed by atoms with E-state index in [2.05, 4.69) is 6.92 Å². The normalized spacial score (nSPS) is 31.3. The van der Waals surface area contributed by atoms with Crippen LogP contribution in [0.3, 0.4) is 0 Å². The lowest BCUT2D eigenvalue weighted by atomic mass is 9.62. The van der Waals surface area contributed by atoms with Crippen LogP contribution in [0.5, 0.6) is 0 Å². The molecule has 0 spiro atoms. The summed E-state index contributed by atoms with van der Waals surface area (Å²) in [6.07, 6.45) is 3.44. The van der Waals surface area contributed by atoms with E-state index < -0.39 is 15.4 Å². The molecule has 24 heavy (non-hydrogen) atoms. The molecule has 0 radical (unpaired) electrons. The van der Waals surface area contributed by atoms with Gasteiger partial charge in [0.2, 0.25) is 0 Å². The first kappa shape index (κ1) is 19.5. The highest BCUT2D eigenvalue weighted by Gasteiger charge is 2.62. The molecular formula is C17H31NO5S. The van der Waals surface area contributed by atoms with Crippen molar-refractivity contribution in [2.45, 2.75) is 77.2 Å². The van der Waals surface area contributed by atoms with Gasteiger partial charge in [-0.25, -0.2) is 13.2 Å². The number of sulfone groups is 1. The van der Waals surface area contributed by atoms with Crippen LogP contribution in [0.4, 0.5) is 4.79 Å². The van der Waals surface area contributed by atoms with Crippen molar-refractivity contribution in [3.05, 3.63) is 0 Å². The Morgan fingerprint density at radius 2 is 1.96 bits per heavy atom. The third-order valence-electron chi connectivity index (χ3n) is 4.98. The van der Waals surface area contributed by atoms with E-state index in [0.29, 0.717) is 5.92 Å². The van der Waals surface area contributed by atoms with E-state index in [9.17, 15) is 13.2 Å². The molecule has 0 N–H and O–H groups in total. The van der Waals surface area contributed by atoms with Crippen LogP contribution in [0.25, 0.3) is 0 Å². The molecule has 140 valence electrons. The number of ether oxygens (including phenoxy) is 2. The monoisotopic (exact) mass is 361 g/mol. The maximum atomic E-state index is 12.7. The SMILES string of the molecule is CC(OCCS(C)(=O)=O)C12CC(C[C@@H](C)C1)N2C(=O)OC(C)(C)C. The molecule has 3 unspecified atom stereocenters. The number of fused-ring (bicyclic) bond motifs is 2. The van der Waals surface area contributed by atoms with Crippen LogP contribution in [0.1, 0.15) is 53.9 Å². The van der Waals surface area contributed by atoms with Gasteiger partial charge in [0, 0.05) is 12.3 Å². The van der Waals surface area contributed by atoms with Crippen LogP contribution in [-0.4, -0.2) is 61.3 Å². The van der Waals surface area contributed by atoms with Crippen LogP contribution in [0, 0.1) is 5.92 Å². The summed E-state index contributed by atoms with van der Waals surface area (Å²) in [6, 6.07) is 0.199. The van der Waals surface area contributed by atoms with E-state index in [-0.39, 0.29) is 36.1 Å². The maximum absolute atomic E-state index is 12.7. The Labute approximate surface area is 145 Å². The molecule has 7 heteroatoms. The summed E-state index contributed by atoms with van der Waals surface area (Å²) in [7, 11) is -3.05. The first-order valence-corrected chi connectivity index (χ1v) is 10.7. The fourth-order valence-corrected chi connectivity index (χ4v) is 4.47. The van der Waals surface area contributed by atoms with Gasteiger partial charge in [0.05, 0.1) is 24.0 Å². The standard InChI is InChI=1S/C17H31NO5S/c1-12-9-14-11-17(10-12,13(2)22-7-8-24(6,20)21)18(14)15(19)23-16(3,4)5/h12-14H,7-11H2,1-6H3/t12-,13?,14?,17?/m1/s1. The van der Waals surface area contributed by atoms with Gasteiger partial charge in [-0.15, -0.1) is 0 Å². The first-order valence-electron chi connectivity index (χ1n) is 8.66. The van der Waals surface area contributed by atoms with Gasteiger partial charge < -0.3 is 9.47 Å². The molecular weight excluding hydrogens is 330 g/mol. The fraction of sp³-hybridized carbons (Fsp3) is 0.941. The lowest BCUT2D eigenvalue weighted by molar-refractivity contribution is -0.180. The molecule has 1 saturated carbocycles. The molecule has 1 aliphatic carbocycles. The molecule has 0 aromatic heterocycles. The molecule has 2 aliphatic heterocycles. The van der Waals surface area contributed by atoms with E-state index in [4.69, 9.17) is 9.47 Å². The van der Waals surface area contributed by atoms with Crippen molar-refractivity contribution >= 4 is 15.9 Å². The Morgan fingerprint density at radius 3 is 2.50 bits per heavy atom. The van der Waals surface area contributed by atoms with Crippen molar-refractivity contribution in [1.29, 1.82) is 0 Å². The second-order valence-corrected chi connectivity index (χ2v) is 10.8. The van der Waals surface area contributed by atoms with Crippen molar-refractivity contribution < 1.29 is 22.7 Å². The zero-order valence-corrected chi connectivity index (χ0v) is 16.5. The smallest absolute Gasteiger partial charge is 0.411 e. The largest absolute Gasteiger partial charge is 0.444 e. The zero-order chi connectivity index (χ0) is 18.3. The van der Waals surface area contributed by atoms with Gasteiger partial charge in [-0.3, -0.25) is 4.90 Å². The molecule has 3 fully saturated rings. The Hall–Kier alpha value is -0.820. The number of hydrogen-bond donors (Lipinski definition) is 0. The summed E-state index contributed by atoms with van der Waals surface area (Å²) in [4.78, 5) is 14.5. The highest BCUT2D eigenvalue weighted by atomic mass is 32.2. The molecule has 3 aliphatic rings. The highest BCUT2D eigenvalue weighted by molar-refractivity contribution is 7.90. The molecule has 4 atom stereocenters. The minimum absolute atomic E-state index is 0.00115. The number of amides is 1. The molecule has 2 saturated heterocycles. The molecule has 1 amide bonds. The summed E-state index contributed by atoms with van der Waals surface area (Å²) in [5, 5.41) is 0. The number of carbonyl (C=O) groups is 1. The van der Waals surface area contributed by atoms with Crippen molar-refractivity contribution in [3.8, 4) is 0 Å². The lowest BCUT2D eigenvalue weighted by Gasteiger charge is -2.65. The van der Waals surface area contributed by atoms with E-state index in [1.807, 2.05) is 32.6 Å². The lowest BCUT2D eigenvalue weighted by Crippen LogP contribution is -2.76. The van der Waals surface area contributed by atoms with Crippen LogP contribution in [0.15, 0.2) is 0 Å². The Kier molecular flexibility index (Phi) is 5.27. The second-order valence-electron chi connectivity index (χ2n) is 8.50. The molecule has 3 rings (SSSR count). The number of hydrogen-bond acceptors (Lipinski definition) is 5. The Morgan fingerprint density at radius 1 is 1.33 bits per heavy atom. The zero-order valence-electron chi connectivity index (χ0n) is 15.7. The second kappa shape index (κ2) is 6.48. The van der Waals surface area contributed by atoms with Crippen LogP contribution in [-0.2, 0) is 19.3 Å². The predicted octanol–water partition coefficient (Wildman–Crippen LogP) is 2.61. The van der Waals surface area contributed by atoms with Gasteiger partial charge in [0.1, 0.15) is 15.4 Å². The number of carbonyl (C=O) groups excluding carboxylic acids is 1. The first-order chi connectivity index (χ1) is 10.8. The van der Waals surface area contributed by atoms with Crippen molar-refractivity contribution in [3.63, 3.8) is 0 Å². The van der Waals surface area contributed by atoms with Crippen LogP contribution in [0.2, 0.25) is 0 Å². The summed E-state index contributed by atoms with van der Waals surface area (Å²) >= 11 is 0. The maximum Gasteiger partial charge on any atom is 0.411 e. The van der Waals surface area contributed by atoms with Crippen molar-refractivity contribution in [1.82, 2.24) is 4.90 Å². The predicted molar refractivity (Wildman–Crippen MR) is 92.7 cm³/mol. The van der Waals surface area contributed by atoms with Gasteiger partial charge in [-0.1, -0.05) is 6.92 Å². The van der Waals surface area contributed by atoms with E-state index in [1.54, 1.807) is 0 Å². The van der Waals surface area contributed by atoms with E-state index >= 15 is 0 Å². The van der Waals surface area contributed by atoms with Crippen molar-refractivity contribution in [2.24, 2.45) is 5.92 Å². The van der Waals surface area contributed by atoms with Gasteiger partial charge in [0.25, 0.3) is 0 Å². The van der Waals surface area contributed by atoms with E-state index in [0.717, 1.165) is 19.3 Å². The average molecular weight is 362 g/mol. The van der Waals surface area contributed by atoms with Crippen molar-refractivity contribution in [2.75, 3.05) is 18.6 Å². The van der Waals surface area contributed by atoms with Gasteiger partial charge in [0.15, 0.2) is 0 Å². The summed E-state index contributed by atoms with van der Waals surface area (Å²) in [5.41, 5.74) is -0.906. The fourth-order valence-electron chi connectivity index (χ4n) is 4.07. The summed E-state index contributed by atoms with van der Waals surface area (Å²) in [6.45, 7) is 9.87. The molecule has 6 nitrogen and oxygen atoms in total. The Bertz CT molecular complexity index is 582. The minimum atomic E-state index is -3.05. The highest BCUT2D eigenvalue weighted by Crippen LogP contribution is 2.52. The topological polar surface area (TPSA) is 72.9 Å². The molecule has 2 heterocycles. The minimum Gasteiger partial charge on any atom is -0.444 e. The van der Waals surface area contributed by atoms with Gasteiger partial charge in [-0.05, 0) is 52.9 Å². The quantitative estimate of drug-likeness (QED) is 0.752. The third-order valence-corrected chi connectivity index (χ3v) is 5.89. The number of nitrogens with zero attached hydrogens (tertiary/aromatic N) is 1. The van der Waals surface area contributed by atoms with Gasteiger partial charge in [-0.2, -0.15) is 0 Å². The van der Waals surface area contributed by atoms with Crippen LogP contribution < -0.4 is 0 Å². The molecule has 2 bridgehead atoms. The number of piperidine rings is 1. The van der Waals surface area contributed by atoms with E-state index in [1.165, 1.54) is 6.26 Å². The molecule has 0 aromatic carbocycles. The van der Waals surface area contributed by atoms with Crippen LogP contribution >= 0.6 is 0 Å².